The minimum Gasteiger partial charge on any atom is -0.503 e. The molecule has 3 aromatic rings. The van der Waals surface area contributed by atoms with Crippen molar-refractivity contribution in [2.45, 2.75) is 6.04 Å². The summed E-state index contributed by atoms with van der Waals surface area (Å²) >= 11 is 0. The summed E-state index contributed by atoms with van der Waals surface area (Å²) < 4.78 is 10.4. The molecule has 1 atom stereocenters. The van der Waals surface area contributed by atoms with Crippen LogP contribution in [-0.4, -0.2) is 33.9 Å². The van der Waals surface area contributed by atoms with Gasteiger partial charge < -0.3 is 14.3 Å². The maximum absolute atomic E-state index is 13.0. The molecule has 3 heterocycles. The number of carbonyl (C=O) groups excluding carboxylic acids is 2. The summed E-state index contributed by atoms with van der Waals surface area (Å²) in [5.41, 5.74) is 0.444. The highest BCUT2D eigenvalue weighted by atomic mass is 16.5. The van der Waals surface area contributed by atoms with Gasteiger partial charge >= 0.3 is 0 Å². The lowest BCUT2D eigenvalue weighted by molar-refractivity contribution is -0.117. The molecule has 1 aliphatic heterocycles. The zero-order chi connectivity index (χ0) is 19.7. The van der Waals surface area contributed by atoms with E-state index < -0.39 is 23.5 Å². The summed E-state index contributed by atoms with van der Waals surface area (Å²) in [6, 6.07) is 10.6. The number of furan rings is 1. The van der Waals surface area contributed by atoms with Crippen LogP contribution in [0.15, 0.2) is 76.9 Å². The van der Waals surface area contributed by atoms with Crippen molar-refractivity contribution in [3.8, 4) is 5.75 Å². The number of rotatable bonds is 5. The lowest BCUT2D eigenvalue weighted by Crippen LogP contribution is -2.32. The first-order valence-corrected chi connectivity index (χ1v) is 8.37. The van der Waals surface area contributed by atoms with Gasteiger partial charge in [-0.2, -0.15) is 0 Å². The van der Waals surface area contributed by atoms with Gasteiger partial charge in [-0.3, -0.25) is 14.5 Å². The van der Waals surface area contributed by atoms with E-state index in [-0.39, 0.29) is 17.3 Å². The van der Waals surface area contributed by atoms with Crippen molar-refractivity contribution in [3.05, 3.63) is 83.8 Å². The Labute approximate surface area is 159 Å². The van der Waals surface area contributed by atoms with E-state index in [1.165, 1.54) is 36.7 Å². The molecule has 4 rings (SSSR count). The Balaban J connectivity index is 1.89. The average Bonchev–Trinajstić information content (AvgIpc) is 3.36. The van der Waals surface area contributed by atoms with Crippen molar-refractivity contribution in [1.82, 2.24) is 9.97 Å². The molecular formula is C20H15N3O5. The van der Waals surface area contributed by atoms with E-state index in [4.69, 9.17) is 9.15 Å². The number of hydrogen-bond acceptors (Lipinski definition) is 7. The van der Waals surface area contributed by atoms with Crippen LogP contribution in [-0.2, 0) is 4.79 Å². The summed E-state index contributed by atoms with van der Waals surface area (Å²) in [5.74, 6) is -1.42. The van der Waals surface area contributed by atoms with Crippen molar-refractivity contribution in [2.24, 2.45) is 0 Å². The van der Waals surface area contributed by atoms with Gasteiger partial charge in [0.1, 0.15) is 5.75 Å². The lowest BCUT2D eigenvalue weighted by Gasteiger charge is -2.24. The summed E-state index contributed by atoms with van der Waals surface area (Å²) in [6.07, 6.45) is 4.30. The van der Waals surface area contributed by atoms with Gasteiger partial charge in [0, 0.05) is 12.4 Å². The number of aromatic nitrogens is 2. The number of amides is 1. The molecule has 2 aromatic heterocycles. The zero-order valence-electron chi connectivity index (χ0n) is 14.8. The van der Waals surface area contributed by atoms with Crippen LogP contribution < -0.4 is 9.64 Å². The molecular weight excluding hydrogens is 362 g/mol. The topological polar surface area (TPSA) is 106 Å². The second-order valence-electron chi connectivity index (χ2n) is 5.97. The van der Waals surface area contributed by atoms with Gasteiger partial charge in [0.15, 0.2) is 11.5 Å². The predicted octanol–water partition coefficient (Wildman–Crippen LogP) is 2.86. The van der Waals surface area contributed by atoms with Crippen LogP contribution in [0.2, 0.25) is 0 Å². The molecule has 0 aliphatic carbocycles. The second-order valence-corrected chi connectivity index (χ2v) is 5.97. The van der Waals surface area contributed by atoms with E-state index in [2.05, 4.69) is 9.97 Å². The smallest absolute Gasteiger partial charge is 0.296 e. The quantitative estimate of drug-likeness (QED) is 0.682. The third-order valence-corrected chi connectivity index (χ3v) is 4.37. The summed E-state index contributed by atoms with van der Waals surface area (Å²) in [4.78, 5) is 35.3. The van der Waals surface area contributed by atoms with Crippen LogP contribution in [0.5, 0.6) is 5.75 Å². The fourth-order valence-electron chi connectivity index (χ4n) is 3.13. The number of ketones is 1. The van der Waals surface area contributed by atoms with Crippen molar-refractivity contribution in [2.75, 3.05) is 12.0 Å². The maximum atomic E-state index is 13.0. The molecule has 1 aromatic carbocycles. The average molecular weight is 377 g/mol. The van der Waals surface area contributed by atoms with Gasteiger partial charge in [-0.25, -0.2) is 9.97 Å². The number of benzene rings is 1. The predicted molar refractivity (Wildman–Crippen MR) is 97.9 cm³/mol. The van der Waals surface area contributed by atoms with Gasteiger partial charge in [0.05, 0.1) is 25.0 Å². The monoisotopic (exact) mass is 377 g/mol. The second kappa shape index (κ2) is 6.99. The van der Waals surface area contributed by atoms with E-state index in [0.29, 0.717) is 11.3 Å². The Morgan fingerprint density at radius 3 is 2.64 bits per heavy atom. The minimum absolute atomic E-state index is 0.0121. The van der Waals surface area contributed by atoms with E-state index in [9.17, 15) is 14.7 Å². The molecule has 28 heavy (non-hydrogen) atoms. The Morgan fingerprint density at radius 1 is 1.18 bits per heavy atom. The number of aliphatic hydroxyl groups excluding tert-OH is 1. The fourth-order valence-corrected chi connectivity index (χ4v) is 3.13. The molecule has 8 heteroatoms. The molecule has 0 radical (unpaired) electrons. The maximum Gasteiger partial charge on any atom is 0.296 e. The van der Waals surface area contributed by atoms with Crippen LogP contribution in [0.4, 0.5) is 5.95 Å². The fraction of sp³-hybridized carbons (Fsp3) is 0.100. The van der Waals surface area contributed by atoms with Crippen molar-refractivity contribution in [3.63, 3.8) is 0 Å². The van der Waals surface area contributed by atoms with Crippen LogP contribution in [0.3, 0.4) is 0 Å². The number of anilines is 1. The molecule has 0 unspecified atom stereocenters. The zero-order valence-corrected chi connectivity index (χ0v) is 14.8. The normalized spacial score (nSPS) is 16.5. The Morgan fingerprint density at radius 2 is 1.96 bits per heavy atom. The first-order chi connectivity index (χ1) is 13.6. The Bertz CT molecular complexity index is 1060. The van der Waals surface area contributed by atoms with Gasteiger partial charge in [-0.1, -0.05) is 12.1 Å². The minimum atomic E-state index is -0.942. The molecule has 140 valence electrons. The molecule has 0 fully saturated rings. The first kappa shape index (κ1) is 17.5. The highest BCUT2D eigenvalue weighted by molar-refractivity contribution is 6.19. The van der Waals surface area contributed by atoms with Crippen LogP contribution in [0.25, 0.3) is 0 Å². The SMILES string of the molecule is COc1cccc([C@H]2C(C(=O)c3ccco3)=C(O)C(=O)N2c2ncccn2)c1. The van der Waals surface area contributed by atoms with Gasteiger partial charge in [-0.05, 0) is 35.9 Å². The van der Waals surface area contributed by atoms with Crippen LogP contribution in [0.1, 0.15) is 22.2 Å². The van der Waals surface area contributed by atoms with Crippen molar-refractivity contribution < 1.29 is 23.8 Å². The van der Waals surface area contributed by atoms with E-state index in [0.717, 1.165) is 0 Å². The molecule has 1 N–H and O–H groups in total. The number of hydrogen-bond donors (Lipinski definition) is 1. The molecule has 0 bridgehead atoms. The molecule has 0 saturated carbocycles. The number of methoxy groups -OCH3 is 1. The summed E-state index contributed by atoms with van der Waals surface area (Å²) in [5, 5.41) is 10.6. The Hall–Kier alpha value is -3.94. The van der Waals surface area contributed by atoms with Crippen LogP contribution in [0, 0.1) is 0 Å². The number of ether oxygens (including phenoxy) is 1. The first-order valence-electron chi connectivity index (χ1n) is 8.37. The molecule has 0 spiro atoms. The largest absolute Gasteiger partial charge is 0.503 e. The van der Waals surface area contributed by atoms with Crippen molar-refractivity contribution >= 4 is 17.6 Å². The van der Waals surface area contributed by atoms with E-state index >= 15 is 0 Å². The van der Waals surface area contributed by atoms with Crippen molar-refractivity contribution in [1.29, 1.82) is 0 Å². The van der Waals surface area contributed by atoms with Gasteiger partial charge in [-0.15, -0.1) is 0 Å². The highest BCUT2D eigenvalue weighted by Gasteiger charge is 2.46. The standard InChI is InChI=1S/C20H15N3O5/c1-27-13-6-2-5-12(11-13)16-15(17(24)14-7-3-10-28-14)18(25)19(26)23(16)20-21-8-4-9-22-20/h2-11,16,25H,1H3/t16-/m0/s1. The van der Waals surface area contributed by atoms with Gasteiger partial charge in [0.2, 0.25) is 11.7 Å². The molecule has 1 amide bonds. The van der Waals surface area contributed by atoms with E-state index in [1.54, 1.807) is 36.4 Å². The van der Waals surface area contributed by atoms with Gasteiger partial charge in [0.25, 0.3) is 5.91 Å². The number of carbonyl (C=O) groups is 2. The Kier molecular flexibility index (Phi) is 4.36. The third kappa shape index (κ3) is 2.81. The lowest BCUT2D eigenvalue weighted by atomic mass is 9.95. The summed E-state index contributed by atoms with van der Waals surface area (Å²) in [7, 11) is 1.51. The molecule has 1 aliphatic rings. The third-order valence-electron chi connectivity index (χ3n) is 4.37. The van der Waals surface area contributed by atoms with E-state index in [1.807, 2.05) is 0 Å². The number of aliphatic hydroxyl groups is 1. The molecule has 0 saturated heterocycles. The number of Topliss-reactive ketones (excluding diaryl/α,β-unsaturated/α-hetero) is 1. The highest BCUT2D eigenvalue weighted by Crippen LogP contribution is 2.41. The van der Waals surface area contributed by atoms with Crippen LogP contribution >= 0.6 is 0 Å². The molecule has 8 nitrogen and oxygen atoms in total. The summed E-state index contributed by atoms with van der Waals surface area (Å²) in [6.45, 7) is 0. The number of nitrogens with zero attached hydrogens (tertiary/aromatic N) is 3.